The lowest BCUT2D eigenvalue weighted by atomic mass is 10.1. The molecule has 2 aliphatic heterocycles. The first-order valence-electron chi connectivity index (χ1n) is 6.52. The zero-order valence-electron chi connectivity index (χ0n) is 11.3. The lowest BCUT2D eigenvalue weighted by Crippen LogP contribution is -2.44. The second-order valence-electron chi connectivity index (χ2n) is 5.24. The Hall–Kier alpha value is -0.920. The lowest BCUT2D eigenvalue weighted by molar-refractivity contribution is 0.0984. The molecule has 1 aromatic heterocycles. The van der Waals surface area contributed by atoms with Gasteiger partial charge in [-0.2, -0.15) is 0 Å². The lowest BCUT2D eigenvalue weighted by Gasteiger charge is -2.35. The average molecular weight is 318 g/mol. The van der Waals surface area contributed by atoms with Gasteiger partial charge in [0, 0.05) is 12.1 Å². The molecule has 20 heavy (non-hydrogen) atoms. The second kappa shape index (κ2) is 4.82. The molecular weight excluding hydrogens is 302 g/mol. The molecule has 3 rings (SSSR count). The van der Waals surface area contributed by atoms with Crippen molar-refractivity contribution in [3.8, 4) is 0 Å². The molecule has 110 valence electrons. The molecule has 3 heterocycles. The van der Waals surface area contributed by atoms with Crippen molar-refractivity contribution in [2.45, 2.75) is 30.9 Å². The van der Waals surface area contributed by atoms with Crippen molar-refractivity contribution in [1.29, 1.82) is 0 Å². The molecule has 2 unspecified atom stereocenters. The van der Waals surface area contributed by atoms with Gasteiger partial charge in [0.2, 0.25) is 5.28 Å². The number of nitrogens with zero attached hydrogens (tertiary/aromatic N) is 3. The normalized spacial score (nSPS) is 28.4. The molecule has 1 aromatic rings. The van der Waals surface area contributed by atoms with Crippen LogP contribution in [0, 0.1) is 0 Å². The summed E-state index contributed by atoms with van der Waals surface area (Å²) in [4.78, 5) is 10.5. The summed E-state index contributed by atoms with van der Waals surface area (Å²) in [6.07, 6.45) is 0. The third-order valence-electron chi connectivity index (χ3n) is 3.90. The molecule has 2 atom stereocenters. The molecule has 1 saturated heterocycles. The number of hydrogen-bond donors (Lipinski definition) is 0. The van der Waals surface area contributed by atoms with Gasteiger partial charge < -0.3 is 9.64 Å². The fraction of sp³-hybridized carbons (Fsp3) is 0.667. The zero-order valence-corrected chi connectivity index (χ0v) is 12.9. The summed E-state index contributed by atoms with van der Waals surface area (Å²) in [6.45, 7) is 5.58. The summed E-state index contributed by atoms with van der Waals surface area (Å²) in [5.74, 6) is 0.585. The first-order chi connectivity index (χ1) is 9.40. The van der Waals surface area contributed by atoms with E-state index in [9.17, 15) is 8.42 Å². The Kier molecular flexibility index (Phi) is 3.38. The van der Waals surface area contributed by atoms with Crippen molar-refractivity contribution in [3.05, 3.63) is 16.5 Å². The molecule has 0 N–H and O–H groups in total. The molecule has 0 spiro atoms. The number of ether oxygens (including phenoxy) is 1. The summed E-state index contributed by atoms with van der Waals surface area (Å²) < 4.78 is 29.6. The van der Waals surface area contributed by atoms with E-state index in [1.165, 1.54) is 0 Å². The molecule has 2 aliphatic rings. The van der Waals surface area contributed by atoms with E-state index in [1.54, 1.807) is 6.92 Å². The molecule has 0 saturated carbocycles. The van der Waals surface area contributed by atoms with Crippen molar-refractivity contribution in [2.24, 2.45) is 0 Å². The molecule has 0 radical (unpaired) electrons. The number of fused-ring (bicyclic) bond motifs is 1. The third kappa shape index (κ3) is 2.17. The first-order valence-corrected chi connectivity index (χ1v) is 8.62. The number of morpholine rings is 1. The van der Waals surface area contributed by atoms with E-state index in [1.807, 2.05) is 6.92 Å². The largest absolute Gasteiger partial charge is 0.377 e. The topological polar surface area (TPSA) is 72.4 Å². The van der Waals surface area contributed by atoms with E-state index in [-0.39, 0.29) is 17.1 Å². The molecule has 8 heteroatoms. The minimum absolute atomic E-state index is 0.0581. The summed E-state index contributed by atoms with van der Waals surface area (Å²) >= 11 is 5.96. The highest BCUT2D eigenvalue weighted by Gasteiger charge is 2.39. The minimum atomic E-state index is -3.20. The van der Waals surface area contributed by atoms with Crippen molar-refractivity contribution in [1.82, 2.24) is 9.97 Å². The SMILES string of the molecule is CC1COCCN1c1nc(Cl)nc2c1C(C)S(=O)(=O)C2. The van der Waals surface area contributed by atoms with E-state index >= 15 is 0 Å². The molecule has 1 fully saturated rings. The number of anilines is 1. The molecule has 0 aliphatic carbocycles. The number of hydrogen-bond acceptors (Lipinski definition) is 6. The number of halogens is 1. The Morgan fingerprint density at radius 1 is 1.35 bits per heavy atom. The fourth-order valence-corrected chi connectivity index (χ4v) is 4.39. The highest BCUT2D eigenvalue weighted by Crippen LogP contribution is 2.41. The van der Waals surface area contributed by atoms with Gasteiger partial charge >= 0.3 is 0 Å². The average Bonchev–Trinajstić information content (AvgIpc) is 2.59. The van der Waals surface area contributed by atoms with Gasteiger partial charge in [-0.05, 0) is 25.4 Å². The van der Waals surface area contributed by atoms with Crippen LogP contribution in [0.25, 0.3) is 0 Å². The van der Waals surface area contributed by atoms with Gasteiger partial charge in [-0.15, -0.1) is 0 Å². The number of rotatable bonds is 1. The Labute approximate surface area is 123 Å². The quantitative estimate of drug-likeness (QED) is 0.728. The van der Waals surface area contributed by atoms with Crippen molar-refractivity contribution in [2.75, 3.05) is 24.7 Å². The van der Waals surface area contributed by atoms with Gasteiger partial charge in [0.25, 0.3) is 0 Å². The summed E-state index contributed by atoms with van der Waals surface area (Å²) in [7, 11) is -3.20. The molecular formula is C12H16ClN3O3S. The Bertz CT molecular complexity index is 650. The first kappa shape index (κ1) is 14.0. The summed E-state index contributed by atoms with van der Waals surface area (Å²) in [5.41, 5.74) is 1.23. The van der Waals surface area contributed by atoms with Crippen molar-refractivity contribution < 1.29 is 13.2 Å². The predicted octanol–water partition coefficient (Wildman–Crippen LogP) is 1.34. The minimum Gasteiger partial charge on any atom is -0.377 e. The maximum atomic E-state index is 12.1. The van der Waals surface area contributed by atoms with Gasteiger partial charge in [0.05, 0.1) is 36.0 Å². The van der Waals surface area contributed by atoms with Crippen LogP contribution >= 0.6 is 11.6 Å². The predicted molar refractivity (Wildman–Crippen MR) is 75.7 cm³/mol. The Morgan fingerprint density at radius 3 is 2.80 bits per heavy atom. The molecule has 6 nitrogen and oxygen atoms in total. The number of aromatic nitrogens is 2. The van der Waals surface area contributed by atoms with Crippen LogP contribution in [0.15, 0.2) is 0 Å². The van der Waals surface area contributed by atoms with Crippen LogP contribution in [0.3, 0.4) is 0 Å². The van der Waals surface area contributed by atoms with Gasteiger partial charge in [-0.25, -0.2) is 18.4 Å². The highest BCUT2D eigenvalue weighted by atomic mass is 35.5. The number of sulfone groups is 1. The highest BCUT2D eigenvalue weighted by molar-refractivity contribution is 7.91. The van der Waals surface area contributed by atoms with Crippen LogP contribution in [-0.4, -0.2) is 44.2 Å². The maximum Gasteiger partial charge on any atom is 0.224 e. The van der Waals surface area contributed by atoms with Crippen LogP contribution in [-0.2, 0) is 20.3 Å². The van der Waals surface area contributed by atoms with Crippen LogP contribution < -0.4 is 4.90 Å². The van der Waals surface area contributed by atoms with Gasteiger partial charge in [0.15, 0.2) is 9.84 Å². The van der Waals surface area contributed by atoms with E-state index in [2.05, 4.69) is 14.9 Å². The second-order valence-corrected chi connectivity index (χ2v) is 7.90. The van der Waals surface area contributed by atoms with Crippen LogP contribution in [0.2, 0.25) is 5.28 Å². The Balaban J connectivity index is 2.13. The van der Waals surface area contributed by atoms with Crippen molar-refractivity contribution in [3.63, 3.8) is 0 Å². The third-order valence-corrected chi connectivity index (χ3v) is 6.06. The molecule has 0 bridgehead atoms. The molecule has 0 amide bonds. The monoisotopic (exact) mass is 317 g/mol. The standard InChI is InChI=1S/C12H16ClN3O3S/c1-7-5-19-4-3-16(7)11-10-8(2)20(17,18)6-9(10)14-12(13)15-11/h7-8H,3-6H2,1-2H3. The van der Waals surface area contributed by atoms with Crippen LogP contribution in [0.4, 0.5) is 5.82 Å². The fourth-order valence-electron chi connectivity index (χ4n) is 2.76. The Morgan fingerprint density at radius 2 is 2.10 bits per heavy atom. The van der Waals surface area contributed by atoms with Gasteiger partial charge in [0.1, 0.15) is 5.82 Å². The van der Waals surface area contributed by atoms with Crippen molar-refractivity contribution >= 4 is 27.3 Å². The van der Waals surface area contributed by atoms with Gasteiger partial charge in [-0.3, -0.25) is 0 Å². The van der Waals surface area contributed by atoms with E-state index < -0.39 is 15.1 Å². The van der Waals surface area contributed by atoms with Crippen LogP contribution in [0.1, 0.15) is 30.4 Å². The van der Waals surface area contributed by atoms with E-state index in [0.717, 1.165) is 0 Å². The maximum absolute atomic E-state index is 12.1. The van der Waals surface area contributed by atoms with E-state index in [0.29, 0.717) is 36.8 Å². The summed E-state index contributed by atoms with van der Waals surface area (Å²) in [5, 5.41) is -0.485. The van der Waals surface area contributed by atoms with Gasteiger partial charge in [-0.1, -0.05) is 0 Å². The van der Waals surface area contributed by atoms with E-state index in [4.69, 9.17) is 16.3 Å². The van der Waals surface area contributed by atoms with Crippen LogP contribution in [0.5, 0.6) is 0 Å². The smallest absolute Gasteiger partial charge is 0.224 e. The summed E-state index contributed by atoms with van der Waals surface area (Å²) in [6, 6.07) is 0.134. The molecule has 0 aromatic carbocycles. The zero-order chi connectivity index (χ0) is 14.5.